The van der Waals surface area contributed by atoms with Crippen LogP contribution < -0.4 is 5.32 Å². The first kappa shape index (κ1) is 19.2. The second kappa shape index (κ2) is 6.16. The third-order valence-corrected chi connectivity index (χ3v) is 9.62. The van der Waals surface area contributed by atoms with Gasteiger partial charge >= 0.3 is 0 Å². The van der Waals surface area contributed by atoms with Crippen molar-refractivity contribution in [2.75, 3.05) is 5.75 Å². The summed E-state index contributed by atoms with van der Waals surface area (Å²) in [4.78, 5) is 0. The average molecular weight is 413 g/mol. The Morgan fingerprint density at radius 3 is 2.36 bits per heavy atom. The normalized spacial score (nSPS) is 24.1. The van der Waals surface area contributed by atoms with Crippen LogP contribution in [0.4, 0.5) is 0 Å². The molecule has 4 rings (SSSR count). The maximum Gasteiger partial charge on any atom is 0.165 e. The van der Waals surface area contributed by atoms with Crippen molar-refractivity contribution in [1.82, 2.24) is 5.32 Å². The average Bonchev–Trinajstić information content (AvgIpc) is 2.97. The molecule has 0 bridgehead atoms. The molecule has 2 aromatic carbocycles. The van der Waals surface area contributed by atoms with Gasteiger partial charge in [0, 0.05) is 20.2 Å². The molecule has 0 saturated carbocycles. The predicted octanol–water partition coefficient (Wildman–Crippen LogP) is 5.08. The predicted molar refractivity (Wildman–Crippen MR) is 120 cm³/mol. The van der Waals surface area contributed by atoms with Gasteiger partial charge in [-0.3, -0.25) is 5.41 Å². The lowest BCUT2D eigenvalue weighted by Crippen LogP contribution is -2.63. The second-order valence-corrected chi connectivity index (χ2v) is 11.8. The van der Waals surface area contributed by atoms with E-state index in [1.807, 2.05) is 26.0 Å². The molecule has 1 aromatic heterocycles. The number of nitrogens with one attached hydrogen (secondary N) is 2. The zero-order chi connectivity index (χ0) is 20.3. The smallest absolute Gasteiger partial charge is 0.165 e. The van der Waals surface area contributed by atoms with Gasteiger partial charge in [0.15, 0.2) is 9.84 Å². The second-order valence-electron chi connectivity index (χ2n) is 8.17. The number of sulfone groups is 1. The highest BCUT2D eigenvalue weighted by atomic mass is 32.2. The molecule has 0 unspecified atom stereocenters. The summed E-state index contributed by atoms with van der Waals surface area (Å²) in [6.07, 6.45) is 4.10. The standard InChI is InChI=1S/C22H24N2O2S2/c1-5-6-14-7-9-18-16(11-14)17-12-15(8-10-19(17)27-18)22(4)13-28(25,26)21(2,3)20(23)24-22/h5-12H,13H2,1-4H3,(H2,23,24)/b6-5+/t22-/m0/s1. The molecule has 28 heavy (non-hydrogen) atoms. The summed E-state index contributed by atoms with van der Waals surface area (Å²) in [5.41, 5.74) is 1.21. The van der Waals surface area contributed by atoms with Crippen molar-refractivity contribution in [2.45, 2.75) is 38.0 Å². The number of allylic oxidation sites excluding steroid dienone is 1. The monoisotopic (exact) mass is 412 g/mol. The lowest BCUT2D eigenvalue weighted by atomic mass is 9.91. The Kier molecular flexibility index (Phi) is 4.21. The van der Waals surface area contributed by atoms with Crippen LogP contribution in [0.1, 0.15) is 38.8 Å². The topological polar surface area (TPSA) is 70.0 Å². The van der Waals surface area contributed by atoms with E-state index in [1.54, 1.807) is 25.2 Å². The van der Waals surface area contributed by atoms with E-state index < -0.39 is 20.1 Å². The first-order chi connectivity index (χ1) is 13.1. The Balaban J connectivity index is 1.88. The maximum absolute atomic E-state index is 12.9. The van der Waals surface area contributed by atoms with E-state index in [1.165, 1.54) is 14.8 Å². The minimum Gasteiger partial charge on any atom is -0.362 e. The van der Waals surface area contributed by atoms with Gasteiger partial charge in [-0.05, 0) is 63.1 Å². The Hall–Kier alpha value is -2.18. The summed E-state index contributed by atoms with van der Waals surface area (Å²) >= 11 is 1.74. The van der Waals surface area contributed by atoms with Crippen LogP contribution >= 0.6 is 11.3 Å². The van der Waals surface area contributed by atoms with Crippen LogP contribution in [-0.2, 0) is 15.4 Å². The molecular formula is C22H24N2O2S2. The van der Waals surface area contributed by atoms with E-state index in [0.717, 1.165) is 16.5 Å². The van der Waals surface area contributed by atoms with Gasteiger partial charge in [-0.1, -0.05) is 24.3 Å². The number of fused-ring (bicyclic) bond motifs is 3. The molecule has 2 heterocycles. The number of benzene rings is 2. The molecule has 3 aromatic rings. The van der Waals surface area contributed by atoms with Gasteiger partial charge in [0.2, 0.25) is 0 Å². The summed E-state index contributed by atoms with van der Waals surface area (Å²) in [5, 5.41) is 13.8. The van der Waals surface area contributed by atoms with Crippen molar-refractivity contribution < 1.29 is 8.42 Å². The number of amidine groups is 1. The number of thiophene rings is 1. The van der Waals surface area contributed by atoms with Crippen molar-refractivity contribution in [3.63, 3.8) is 0 Å². The Morgan fingerprint density at radius 2 is 1.71 bits per heavy atom. The number of hydrogen-bond acceptors (Lipinski definition) is 4. The molecule has 6 heteroatoms. The zero-order valence-electron chi connectivity index (χ0n) is 16.5. The van der Waals surface area contributed by atoms with Gasteiger partial charge in [0.1, 0.15) is 10.6 Å². The third kappa shape index (κ3) is 2.78. The molecule has 1 aliphatic rings. The van der Waals surface area contributed by atoms with Crippen LogP contribution in [0.2, 0.25) is 0 Å². The fourth-order valence-corrected chi connectivity index (χ4v) is 6.56. The highest BCUT2D eigenvalue weighted by Crippen LogP contribution is 2.39. The summed E-state index contributed by atoms with van der Waals surface area (Å²) in [5.74, 6) is 0.0131. The minimum atomic E-state index is -3.46. The SMILES string of the molecule is C/C=C/c1ccc2sc3ccc([C@]4(C)CS(=O)(=O)C(C)(C)C(=N)N4)cc3c2c1. The number of hydrogen-bond donors (Lipinski definition) is 2. The first-order valence-corrected chi connectivity index (χ1v) is 11.7. The van der Waals surface area contributed by atoms with Crippen LogP contribution in [0.5, 0.6) is 0 Å². The highest BCUT2D eigenvalue weighted by Gasteiger charge is 2.50. The first-order valence-electron chi connectivity index (χ1n) is 9.26. The Bertz CT molecular complexity index is 1250. The fraction of sp³-hybridized carbons (Fsp3) is 0.318. The van der Waals surface area contributed by atoms with E-state index in [-0.39, 0.29) is 11.6 Å². The molecule has 4 nitrogen and oxygen atoms in total. The Labute approximate surface area is 169 Å². The lowest BCUT2D eigenvalue weighted by molar-refractivity contribution is 0.443. The molecule has 146 valence electrons. The zero-order valence-corrected chi connectivity index (χ0v) is 18.1. The van der Waals surface area contributed by atoms with Crippen LogP contribution in [0.3, 0.4) is 0 Å². The molecule has 1 fully saturated rings. The fourth-order valence-electron chi connectivity index (χ4n) is 3.77. The Morgan fingerprint density at radius 1 is 1.07 bits per heavy atom. The van der Waals surface area contributed by atoms with E-state index in [0.29, 0.717) is 0 Å². The van der Waals surface area contributed by atoms with Crippen LogP contribution in [0.15, 0.2) is 42.5 Å². The minimum absolute atomic E-state index is 0.0349. The molecular weight excluding hydrogens is 388 g/mol. The molecule has 0 spiro atoms. The van der Waals surface area contributed by atoms with Crippen LogP contribution in [-0.4, -0.2) is 24.8 Å². The molecule has 0 amide bonds. The third-order valence-electron chi connectivity index (χ3n) is 5.75. The van der Waals surface area contributed by atoms with Crippen molar-refractivity contribution in [2.24, 2.45) is 0 Å². The molecule has 1 aliphatic heterocycles. The van der Waals surface area contributed by atoms with Gasteiger partial charge in [-0.15, -0.1) is 11.3 Å². The largest absolute Gasteiger partial charge is 0.362 e. The van der Waals surface area contributed by atoms with E-state index >= 15 is 0 Å². The lowest BCUT2D eigenvalue weighted by Gasteiger charge is -2.43. The molecule has 1 saturated heterocycles. The van der Waals surface area contributed by atoms with Gasteiger partial charge in [-0.2, -0.15) is 0 Å². The van der Waals surface area contributed by atoms with Crippen molar-refractivity contribution >= 4 is 53.3 Å². The van der Waals surface area contributed by atoms with Gasteiger partial charge in [0.05, 0.1) is 11.3 Å². The molecule has 0 aliphatic carbocycles. The van der Waals surface area contributed by atoms with Gasteiger partial charge in [0.25, 0.3) is 0 Å². The summed E-state index contributed by atoms with van der Waals surface area (Å²) in [6, 6.07) is 12.6. The van der Waals surface area contributed by atoms with Gasteiger partial charge in [-0.25, -0.2) is 8.42 Å². The van der Waals surface area contributed by atoms with Crippen LogP contribution in [0.25, 0.3) is 26.2 Å². The molecule has 1 atom stereocenters. The highest BCUT2D eigenvalue weighted by molar-refractivity contribution is 7.93. The molecule has 0 radical (unpaired) electrons. The summed E-state index contributed by atoms with van der Waals surface area (Å²) in [7, 11) is -3.46. The van der Waals surface area contributed by atoms with E-state index in [9.17, 15) is 8.42 Å². The number of rotatable bonds is 2. The van der Waals surface area contributed by atoms with Crippen molar-refractivity contribution in [3.8, 4) is 0 Å². The van der Waals surface area contributed by atoms with Crippen molar-refractivity contribution in [3.05, 3.63) is 53.6 Å². The van der Waals surface area contributed by atoms with E-state index in [2.05, 4.69) is 41.7 Å². The summed E-state index contributed by atoms with van der Waals surface area (Å²) in [6.45, 7) is 7.06. The van der Waals surface area contributed by atoms with Crippen molar-refractivity contribution in [1.29, 1.82) is 5.41 Å². The molecule has 2 N–H and O–H groups in total. The quantitative estimate of drug-likeness (QED) is 0.617. The maximum atomic E-state index is 12.9. The van der Waals surface area contributed by atoms with Crippen LogP contribution in [0, 0.1) is 5.41 Å². The summed E-state index contributed by atoms with van der Waals surface area (Å²) < 4.78 is 26.9. The van der Waals surface area contributed by atoms with E-state index in [4.69, 9.17) is 5.41 Å². The van der Waals surface area contributed by atoms with Gasteiger partial charge < -0.3 is 5.32 Å².